The lowest BCUT2D eigenvalue weighted by molar-refractivity contribution is 0.00529. The van der Waals surface area contributed by atoms with Gasteiger partial charge in [-0.2, -0.15) is 0 Å². The highest BCUT2D eigenvalue weighted by Gasteiger charge is 2.60. The first-order valence-corrected chi connectivity index (χ1v) is 7.13. The lowest BCUT2D eigenvalue weighted by Crippen LogP contribution is -2.48. The van der Waals surface area contributed by atoms with Crippen LogP contribution in [0.4, 0.5) is 9.18 Å². The van der Waals surface area contributed by atoms with E-state index in [1.54, 1.807) is 4.90 Å². The first-order chi connectivity index (χ1) is 7.77. The van der Waals surface area contributed by atoms with Gasteiger partial charge >= 0.3 is 6.09 Å². The van der Waals surface area contributed by atoms with E-state index >= 15 is 0 Å². The van der Waals surface area contributed by atoms with Gasteiger partial charge in [0.1, 0.15) is 11.3 Å². The van der Waals surface area contributed by atoms with Crippen molar-refractivity contribution in [3.8, 4) is 0 Å². The Hall–Kier alpha value is -0.320. The molecule has 1 saturated carbocycles. The lowest BCUT2D eigenvalue weighted by atomic mass is 9.94. The second kappa shape index (κ2) is 4.11. The van der Waals surface area contributed by atoms with Gasteiger partial charge < -0.3 is 9.64 Å². The number of hydrogen-bond donors (Lipinski definition) is 0. The molecule has 3 atom stereocenters. The molecule has 1 aliphatic heterocycles. The molecule has 0 aromatic rings. The van der Waals surface area contributed by atoms with E-state index in [1.807, 2.05) is 20.8 Å². The van der Waals surface area contributed by atoms with Crippen LogP contribution >= 0.6 is 15.9 Å². The number of carbonyl (C=O) groups is 1. The van der Waals surface area contributed by atoms with Crippen LogP contribution in [0, 0.1) is 5.92 Å². The number of alkyl halides is 2. The van der Waals surface area contributed by atoms with Gasteiger partial charge in [0, 0.05) is 30.3 Å². The number of carbonyl (C=O) groups excluding carboxylic acids is 1. The standard InChI is InChI=1S/C12H19BrFNO2/c1-11(2,3)17-10(16)15-5-4-12(14,7-13)8-6-9(8)15/h8-9H,4-7H2,1-3H3. The molecule has 0 aromatic heterocycles. The van der Waals surface area contributed by atoms with Crippen molar-refractivity contribution < 1.29 is 13.9 Å². The summed E-state index contributed by atoms with van der Waals surface area (Å²) in [6.07, 6.45) is 0.863. The van der Waals surface area contributed by atoms with Crippen LogP contribution in [-0.2, 0) is 4.74 Å². The number of nitrogens with zero attached hydrogens (tertiary/aromatic N) is 1. The molecule has 3 nitrogen and oxygen atoms in total. The Morgan fingerprint density at radius 3 is 2.76 bits per heavy atom. The number of ether oxygens (including phenoxy) is 1. The maximum Gasteiger partial charge on any atom is 0.410 e. The van der Waals surface area contributed by atoms with Gasteiger partial charge in [-0.15, -0.1) is 0 Å². The minimum Gasteiger partial charge on any atom is -0.444 e. The molecular weight excluding hydrogens is 289 g/mol. The summed E-state index contributed by atoms with van der Waals surface area (Å²) in [4.78, 5) is 13.6. The highest BCUT2D eigenvalue weighted by Crippen LogP contribution is 2.52. The highest BCUT2D eigenvalue weighted by atomic mass is 79.9. The quantitative estimate of drug-likeness (QED) is 0.697. The van der Waals surface area contributed by atoms with Crippen molar-refractivity contribution in [1.29, 1.82) is 0 Å². The zero-order valence-electron chi connectivity index (χ0n) is 10.5. The van der Waals surface area contributed by atoms with Gasteiger partial charge in [-0.3, -0.25) is 0 Å². The fourth-order valence-corrected chi connectivity index (χ4v) is 3.15. The second-order valence-corrected chi connectivity index (χ2v) is 6.56. The molecule has 1 amide bonds. The number of rotatable bonds is 1. The Morgan fingerprint density at radius 1 is 1.59 bits per heavy atom. The third-order valence-electron chi connectivity index (χ3n) is 3.44. The Kier molecular flexibility index (Phi) is 3.17. The fourth-order valence-electron chi connectivity index (χ4n) is 2.45. The van der Waals surface area contributed by atoms with Crippen molar-refractivity contribution in [3.05, 3.63) is 0 Å². The van der Waals surface area contributed by atoms with Gasteiger partial charge in [-0.05, 0) is 27.2 Å². The lowest BCUT2D eigenvalue weighted by Gasteiger charge is -2.35. The van der Waals surface area contributed by atoms with Gasteiger partial charge in [0.2, 0.25) is 0 Å². The largest absolute Gasteiger partial charge is 0.444 e. The number of hydrogen-bond acceptors (Lipinski definition) is 2. The molecule has 3 unspecified atom stereocenters. The third kappa shape index (κ3) is 2.59. The molecule has 2 fully saturated rings. The van der Waals surface area contributed by atoms with Gasteiger partial charge in [0.05, 0.1) is 0 Å². The number of piperidine rings is 1. The molecule has 1 aliphatic carbocycles. The molecule has 0 radical (unpaired) electrons. The van der Waals surface area contributed by atoms with E-state index in [0.29, 0.717) is 18.3 Å². The Bertz CT molecular complexity index is 331. The first-order valence-electron chi connectivity index (χ1n) is 6.01. The minimum absolute atomic E-state index is 0.0110. The van der Waals surface area contributed by atoms with Crippen LogP contribution in [-0.4, -0.2) is 40.2 Å². The SMILES string of the molecule is CC(C)(C)OC(=O)N1CCC(F)(CBr)C2CC21. The minimum atomic E-state index is -1.14. The number of fused-ring (bicyclic) bond motifs is 1. The predicted molar refractivity (Wildman–Crippen MR) is 67.1 cm³/mol. The molecule has 0 N–H and O–H groups in total. The van der Waals surface area contributed by atoms with Crippen molar-refractivity contribution >= 4 is 22.0 Å². The Labute approximate surface area is 110 Å². The summed E-state index contributed by atoms with van der Waals surface area (Å²) in [6.45, 7) is 5.99. The molecule has 1 heterocycles. The molecule has 0 spiro atoms. The zero-order valence-corrected chi connectivity index (χ0v) is 12.1. The van der Waals surface area contributed by atoms with Crippen molar-refractivity contribution in [1.82, 2.24) is 4.90 Å². The van der Waals surface area contributed by atoms with Gasteiger partial charge in [-0.25, -0.2) is 9.18 Å². The van der Waals surface area contributed by atoms with Crippen molar-refractivity contribution in [2.75, 3.05) is 11.9 Å². The van der Waals surface area contributed by atoms with E-state index in [9.17, 15) is 9.18 Å². The zero-order chi connectivity index (χ0) is 12.8. The van der Waals surface area contributed by atoms with E-state index in [4.69, 9.17) is 4.74 Å². The molecule has 0 aromatic carbocycles. The fraction of sp³-hybridized carbons (Fsp3) is 0.917. The summed E-state index contributed by atoms with van der Waals surface area (Å²) < 4.78 is 19.6. The van der Waals surface area contributed by atoms with E-state index in [-0.39, 0.29) is 18.1 Å². The summed E-state index contributed by atoms with van der Waals surface area (Å²) in [5.74, 6) is -0.0110. The average molecular weight is 308 g/mol. The van der Waals surface area contributed by atoms with Crippen LogP contribution in [0.5, 0.6) is 0 Å². The van der Waals surface area contributed by atoms with Crippen LogP contribution in [0.25, 0.3) is 0 Å². The molecule has 17 heavy (non-hydrogen) atoms. The van der Waals surface area contributed by atoms with Gasteiger partial charge in [0.15, 0.2) is 0 Å². The molecule has 0 bridgehead atoms. The van der Waals surface area contributed by atoms with Crippen molar-refractivity contribution in [2.45, 2.75) is 50.9 Å². The van der Waals surface area contributed by atoms with Gasteiger partial charge in [0.25, 0.3) is 0 Å². The van der Waals surface area contributed by atoms with Crippen LogP contribution in [0.15, 0.2) is 0 Å². The molecule has 1 saturated heterocycles. The molecular formula is C12H19BrFNO2. The third-order valence-corrected chi connectivity index (χ3v) is 4.37. The normalized spacial score (nSPS) is 36.4. The van der Waals surface area contributed by atoms with E-state index < -0.39 is 11.3 Å². The molecule has 2 aliphatic rings. The van der Waals surface area contributed by atoms with E-state index in [0.717, 1.165) is 6.42 Å². The Morgan fingerprint density at radius 2 is 2.24 bits per heavy atom. The smallest absolute Gasteiger partial charge is 0.410 e. The van der Waals surface area contributed by atoms with E-state index in [1.165, 1.54) is 0 Å². The highest BCUT2D eigenvalue weighted by molar-refractivity contribution is 9.09. The number of halogens is 2. The number of amides is 1. The van der Waals surface area contributed by atoms with Crippen LogP contribution < -0.4 is 0 Å². The topological polar surface area (TPSA) is 29.5 Å². The van der Waals surface area contributed by atoms with E-state index in [2.05, 4.69) is 15.9 Å². The summed E-state index contributed by atoms with van der Waals surface area (Å²) in [7, 11) is 0. The summed E-state index contributed by atoms with van der Waals surface area (Å²) in [5.41, 5.74) is -1.62. The summed E-state index contributed by atoms with van der Waals surface area (Å²) in [6, 6.07) is 0.0427. The second-order valence-electron chi connectivity index (χ2n) is 6.00. The average Bonchev–Trinajstić information content (AvgIpc) is 2.96. The maximum atomic E-state index is 14.3. The molecule has 2 rings (SSSR count). The predicted octanol–water partition coefficient (Wildman–Crippen LogP) is 3.12. The molecule has 5 heteroatoms. The van der Waals surface area contributed by atoms with Gasteiger partial charge in [-0.1, -0.05) is 15.9 Å². The summed E-state index contributed by atoms with van der Waals surface area (Å²) in [5, 5.41) is 0.364. The van der Waals surface area contributed by atoms with Crippen molar-refractivity contribution in [3.63, 3.8) is 0 Å². The van der Waals surface area contributed by atoms with Crippen LogP contribution in [0.1, 0.15) is 33.6 Å². The first kappa shape index (κ1) is 13.1. The maximum absolute atomic E-state index is 14.3. The monoisotopic (exact) mass is 307 g/mol. The van der Waals surface area contributed by atoms with Crippen LogP contribution in [0.3, 0.4) is 0 Å². The Balaban J connectivity index is 1.97. The number of likely N-dealkylation sites (tertiary alicyclic amines) is 1. The van der Waals surface area contributed by atoms with Crippen LogP contribution in [0.2, 0.25) is 0 Å². The molecule has 98 valence electrons. The van der Waals surface area contributed by atoms with Crippen molar-refractivity contribution in [2.24, 2.45) is 5.92 Å². The summed E-state index contributed by atoms with van der Waals surface area (Å²) >= 11 is 3.23.